The molecule has 4 nitrogen and oxygen atoms in total. The number of hydrogen-bond donors (Lipinski definition) is 1. The molecule has 3 aromatic rings. The molecule has 0 atom stereocenters. The molecule has 0 bridgehead atoms. The monoisotopic (exact) mass is 346 g/mol. The summed E-state index contributed by atoms with van der Waals surface area (Å²) in [6, 6.07) is 13.1. The minimum atomic E-state index is -0.0565. The van der Waals surface area contributed by atoms with Crippen LogP contribution in [0.15, 0.2) is 52.1 Å². The molecule has 1 heterocycles. The van der Waals surface area contributed by atoms with Crippen molar-refractivity contribution in [2.24, 2.45) is 0 Å². The lowest BCUT2D eigenvalue weighted by Gasteiger charge is -2.08. The SMILES string of the molecule is Cc1c(Cl)cccc1NC(=O)CCSc1nc2ccccc2o1. The van der Waals surface area contributed by atoms with E-state index in [1.807, 2.05) is 43.3 Å². The molecule has 0 aliphatic heterocycles. The molecule has 0 spiro atoms. The molecule has 23 heavy (non-hydrogen) atoms. The summed E-state index contributed by atoms with van der Waals surface area (Å²) >= 11 is 7.47. The van der Waals surface area contributed by atoms with Gasteiger partial charge in [0.1, 0.15) is 5.52 Å². The average Bonchev–Trinajstić information content (AvgIpc) is 2.94. The topological polar surface area (TPSA) is 55.1 Å². The number of halogens is 1. The third-order valence-electron chi connectivity index (χ3n) is 3.37. The van der Waals surface area contributed by atoms with Crippen molar-refractivity contribution < 1.29 is 9.21 Å². The van der Waals surface area contributed by atoms with Crippen LogP contribution in [0.3, 0.4) is 0 Å². The fraction of sp³-hybridized carbons (Fsp3) is 0.176. The van der Waals surface area contributed by atoms with Gasteiger partial charge in [0, 0.05) is 22.9 Å². The van der Waals surface area contributed by atoms with Crippen LogP contribution >= 0.6 is 23.4 Å². The summed E-state index contributed by atoms with van der Waals surface area (Å²) in [6.07, 6.45) is 0.370. The first-order valence-corrected chi connectivity index (χ1v) is 8.53. The summed E-state index contributed by atoms with van der Waals surface area (Å²) in [5.41, 5.74) is 3.20. The molecule has 118 valence electrons. The quantitative estimate of drug-likeness (QED) is 0.667. The van der Waals surface area contributed by atoms with Gasteiger partial charge in [-0.2, -0.15) is 0 Å². The van der Waals surface area contributed by atoms with E-state index in [1.54, 1.807) is 6.07 Å². The van der Waals surface area contributed by atoms with Gasteiger partial charge in [0.05, 0.1) is 0 Å². The van der Waals surface area contributed by atoms with Gasteiger partial charge < -0.3 is 9.73 Å². The molecule has 0 aliphatic carbocycles. The Balaban J connectivity index is 1.54. The number of aromatic nitrogens is 1. The number of para-hydroxylation sites is 2. The Morgan fingerprint density at radius 2 is 2.09 bits per heavy atom. The predicted octanol–water partition coefficient (Wildman–Crippen LogP) is 4.91. The number of rotatable bonds is 5. The van der Waals surface area contributed by atoms with Crippen molar-refractivity contribution in [2.75, 3.05) is 11.1 Å². The molecule has 2 aromatic carbocycles. The molecule has 0 saturated heterocycles. The van der Waals surface area contributed by atoms with E-state index >= 15 is 0 Å². The van der Waals surface area contributed by atoms with Crippen LogP contribution in [-0.4, -0.2) is 16.6 Å². The second-order valence-electron chi connectivity index (χ2n) is 5.01. The van der Waals surface area contributed by atoms with Crippen LogP contribution in [0.2, 0.25) is 5.02 Å². The van der Waals surface area contributed by atoms with Crippen molar-refractivity contribution in [1.82, 2.24) is 4.98 Å². The maximum atomic E-state index is 12.0. The summed E-state index contributed by atoms with van der Waals surface area (Å²) in [4.78, 5) is 16.4. The zero-order valence-corrected chi connectivity index (χ0v) is 14.1. The Kier molecular flexibility index (Phi) is 4.88. The zero-order valence-electron chi connectivity index (χ0n) is 12.5. The Bertz CT molecular complexity index is 814. The molecule has 1 aromatic heterocycles. The first-order chi connectivity index (χ1) is 11.1. The number of hydrogen-bond acceptors (Lipinski definition) is 4. The van der Waals surface area contributed by atoms with Gasteiger partial charge in [-0.15, -0.1) is 0 Å². The standard InChI is InChI=1S/C17H15ClN2O2S/c1-11-12(18)5-4-7-13(11)19-16(21)9-10-23-17-20-14-6-2-3-8-15(14)22-17/h2-8H,9-10H2,1H3,(H,19,21). The smallest absolute Gasteiger partial charge is 0.256 e. The number of carbonyl (C=O) groups is 1. The van der Waals surface area contributed by atoms with Crippen LogP contribution in [0.4, 0.5) is 5.69 Å². The van der Waals surface area contributed by atoms with Crippen molar-refractivity contribution in [2.45, 2.75) is 18.6 Å². The lowest BCUT2D eigenvalue weighted by Crippen LogP contribution is -2.13. The third kappa shape index (κ3) is 3.86. The normalized spacial score (nSPS) is 10.9. The van der Waals surface area contributed by atoms with E-state index in [2.05, 4.69) is 10.3 Å². The summed E-state index contributed by atoms with van der Waals surface area (Å²) in [5, 5.41) is 4.10. The minimum Gasteiger partial charge on any atom is -0.431 e. The van der Waals surface area contributed by atoms with Crippen molar-refractivity contribution in [3.05, 3.63) is 53.1 Å². The molecule has 3 rings (SSSR count). The van der Waals surface area contributed by atoms with E-state index in [1.165, 1.54) is 11.8 Å². The van der Waals surface area contributed by atoms with Gasteiger partial charge in [0.25, 0.3) is 5.22 Å². The Morgan fingerprint density at radius 3 is 2.91 bits per heavy atom. The number of amides is 1. The molecule has 0 radical (unpaired) electrons. The lowest BCUT2D eigenvalue weighted by molar-refractivity contribution is -0.115. The number of nitrogens with zero attached hydrogens (tertiary/aromatic N) is 1. The molecule has 0 unspecified atom stereocenters. The second-order valence-corrected chi connectivity index (χ2v) is 6.46. The van der Waals surface area contributed by atoms with E-state index in [4.69, 9.17) is 16.0 Å². The van der Waals surface area contributed by atoms with Crippen LogP contribution < -0.4 is 5.32 Å². The van der Waals surface area contributed by atoms with Crippen LogP contribution in [-0.2, 0) is 4.79 Å². The summed E-state index contributed by atoms with van der Waals surface area (Å²) in [5.74, 6) is 0.539. The number of thioether (sulfide) groups is 1. The van der Waals surface area contributed by atoms with Crippen molar-refractivity contribution in [3.63, 3.8) is 0 Å². The van der Waals surface area contributed by atoms with Crippen LogP contribution in [0.25, 0.3) is 11.1 Å². The number of carbonyl (C=O) groups excluding carboxylic acids is 1. The average molecular weight is 347 g/mol. The maximum Gasteiger partial charge on any atom is 0.256 e. The van der Waals surface area contributed by atoms with Gasteiger partial charge in [-0.05, 0) is 36.8 Å². The first kappa shape index (κ1) is 15.9. The molecule has 1 amide bonds. The van der Waals surface area contributed by atoms with E-state index < -0.39 is 0 Å². The summed E-state index contributed by atoms with van der Waals surface area (Å²) in [7, 11) is 0. The summed E-state index contributed by atoms with van der Waals surface area (Å²) in [6.45, 7) is 1.88. The molecule has 0 fully saturated rings. The second kappa shape index (κ2) is 7.06. The largest absolute Gasteiger partial charge is 0.431 e. The third-order valence-corrected chi connectivity index (χ3v) is 4.61. The van der Waals surface area contributed by atoms with Gasteiger partial charge in [0.15, 0.2) is 5.58 Å². The van der Waals surface area contributed by atoms with Crippen molar-refractivity contribution >= 4 is 46.1 Å². The highest BCUT2D eigenvalue weighted by Gasteiger charge is 2.09. The number of nitrogens with one attached hydrogen (secondary N) is 1. The molecule has 1 N–H and O–H groups in total. The van der Waals surface area contributed by atoms with E-state index in [9.17, 15) is 4.79 Å². The van der Waals surface area contributed by atoms with Gasteiger partial charge in [-0.25, -0.2) is 4.98 Å². The number of oxazole rings is 1. The highest BCUT2D eigenvalue weighted by Crippen LogP contribution is 2.25. The van der Waals surface area contributed by atoms with E-state index in [0.29, 0.717) is 22.4 Å². The van der Waals surface area contributed by atoms with Gasteiger partial charge >= 0.3 is 0 Å². The van der Waals surface area contributed by atoms with Crippen molar-refractivity contribution in [1.29, 1.82) is 0 Å². The van der Waals surface area contributed by atoms with Gasteiger partial charge in [-0.3, -0.25) is 4.79 Å². The van der Waals surface area contributed by atoms with Gasteiger partial charge in [0.2, 0.25) is 5.91 Å². The Labute approximate surface area is 143 Å². The Hall–Kier alpha value is -1.98. The highest BCUT2D eigenvalue weighted by molar-refractivity contribution is 7.99. The number of benzene rings is 2. The molecule has 0 aliphatic rings. The van der Waals surface area contributed by atoms with E-state index in [-0.39, 0.29) is 5.91 Å². The highest BCUT2D eigenvalue weighted by atomic mass is 35.5. The Morgan fingerprint density at radius 1 is 1.26 bits per heavy atom. The maximum absolute atomic E-state index is 12.0. The fourth-order valence-corrected chi connectivity index (χ4v) is 3.05. The molecule has 0 saturated carbocycles. The van der Waals surface area contributed by atoms with Crippen LogP contribution in [0.5, 0.6) is 0 Å². The van der Waals surface area contributed by atoms with Crippen molar-refractivity contribution in [3.8, 4) is 0 Å². The molecular formula is C17H15ClN2O2S. The fourth-order valence-electron chi connectivity index (χ4n) is 2.10. The summed E-state index contributed by atoms with van der Waals surface area (Å²) < 4.78 is 5.61. The number of fused-ring (bicyclic) bond motifs is 1. The lowest BCUT2D eigenvalue weighted by atomic mass is 10.2. The van der Waals surface area contributed by atoms with E-state index in [0.717, 1.165) is 22.4 Å². The predicted molar refractivity (Wildman–Crippen MR) is 94.2 cm³/mol. The number of anilines is 1. The zero-order chi connectivity index (χ0) is 16.2. The van der Waals surface area contributed by atoms with Gasteiger partial charge in [-0.1, -0.05) is 41.6 Å². The van der Waals surface area contributed by atoms with Crippen LogP contribution in [0, 0.1) is 6.92 Å². The minimum absolute atomic E-state index is 0.0565. The molecular weight excluding hydrogens is 332 g/mol. The van der Waals surface area contributed by atoms with Crippen LogP contribution in [0.1, 0.15) is 12.0 Å². The first-order valence-electron chi connectivity index (χ1n) is 7.17. The molecule has 6 heteroatoms.